The van der Waals surface area contributed by atoms with Crippen LogP contribution in [0.25, 0.3) is 0 Å². The van der Waals surface area contributed by atoms with Gasteiger partial charge >= 0.3 is 0 Å². The predicted octanol–water partition coefficient (Wildman–Crippen LogP) is -0.600. The molecule has 0 aromatic rings. The van der Waals surface area contributed by atoms with Crippen LogP contribution < -0.4 is 5.73 Å². The molecule has 0 radical (unpaired) electrons. The van der Waals surface area contributed by atoms with Gasteiger partial charge in [-0.1, -0.05) is 0 Å². The molecule has 1 saturated heterocycles. The highest BCUT2D eigenvalue weighted by Gasteiger charge is 2.19. The van der Waals surface area contributed by atoms with E-state index in [1.165, 1.54) is 0 Å². The van der Waals surface area contributed by atoms with Gasteiger partial charge in [-0.05, 0) is 19.9 Å². The molecule has 3 N–H and O–H groups in total. The SMILES string of the molecule is C[C@@H](O)CN1CC[C@@H](N)C1. The normalized spacial score (nSPS) is 30.9. The molecule has 2 atom stereocenters. The van der Waals surface area contributed by atoms with Crippen molar-refractivity contribution in [3.05, 3.63) is 0 Å². The van der Waals surface area contributed by atoms with Crippen molar-refractivity contribution in [1.82, 2.24) is 4.90 Å². The molecule has 10 heavy (non-hydrogen) atoms. The lowest BCUT2D eigenvalue weighted by molar-refractivity contribution is 0.140. The van der Waals surface area contributed by atoms with Crippen LogP contribution in [0.4, 0.5) is 0 Å². The van der Waals surface area contributed by atoms with Gasteiger partial charge in [-0.25, -0.2) is 0 Å². The molecule has 0 aliphatic carbocycles. The van der Waals surface area contributed by atoms with Crippen LogP contribution in [0.1, 0.15) is 13.3 Å². The summed E-state index contributed by atoms with van der Waals surface area (Å²) in [6.07, 6.45) is 0.859. The number of rotatable bonds is 2. The summed E-state index contributed by atoms with van der Waals surface area (Å²) in [6, 6.07) is 0.332. The van der Waals surface area contributed by atoms with Gasteiger partial charge in [-0.2, -0.15) is 0 Å². The Bertz CT molecular complexity index is 106. The molecule has 3 nitrogen and oxygen atoms in total. The van der Waals surface area contributed by atoms with Crippen molar-refractivity contribution in [2.45, 2.75) is 25.5 Å². The molecule has 0 aromatic carbocycles. The van der Waals surface area contributed by atoms with Crippen LogP contribution in [0.15, 0.2) is 0 Å². The molecule has 0 aromatic heterocycles. The van der Waals surface area contributed by atoms with Gasteiger partial charge in [0.2, 0.25) is 0 Å². The van der Waals surface area contributed by atoms with E-state index in [2.05, 4.69) is 4.90 Å². The first kappa shape index (κ1) is 7.98. The number of β-amino-alcohol motifs (C(OH)–C–C–N with tert-alkyl or cyclic N) is 1. The van der Waals surface area contributed by atoms with Crippen LogP contribution in [0.3, 0.4) is 0 Å². The van der Waals surface area contributed by atoms with E-state index < -0.39 is 0 Å². The second-order valence-electron chi connectivity index (χ2n) is 3.16. The summed E-state index contributed by atoms with van der Waals surface area (Å²) in [7, 11) is 0. The van der Waals surface area contributed by atoms with Crippen molar-refractivity contribution >= 4 is 0 Å². The Balaban J connectivity index is 2.18. The lowest BCUT2D eigenvalue weighted by atomic mass is 10.3. The summed E-state index contributed by atoms with van der Waals surface area (Å²) >= 11 is 0. The quantitative estimate of drug-likeness (QED) is 0.544. The monoisotopic (exact) mass is 144 g/mol. The van der Waals surface area contributed by atoms with E-state index in [0.717, 1.165) is 26.1 Å². The summed E-state index contributed by atoms with van der Waals surface area (Å²) in [5.41, 5.74) is 5.68. The van der Waals surface area contributed by atoms with Crippen LogP contribution >= 0.6 is 0 Å². The van der Waals surface area contributed by atoms with Crippen LogP contribution in [0.2, 0.25) is 0 Å². The fourth-order valence-electron chi connectivity index (χ4n) is 1.40. The minimum absolute atomic E-state index is 0.217. The van der Waals surface area contributed by atoms with E-state index in [1.54, 1.807) is 0 Å². The van der Waals surface area contributed by atoms with Gasteiger partial charge in [0.1, 0.15) is 0 Å². The summed E-state index contributed by atoms with van der Waals surface area (Å²) in [5.74, 6) is 0. The lowest BCUT2D eigenvalue weighted by Gasteiger charge is -2.16. The second-order valence-corrected chi connectivity index (χ2v) is 3.16. The summed E-state index contributed by atoms with van der Waals surface area (Å²) in [4.78, 5) is 2.20. The third-order valence-corrected chi connectivity index (χ3v) is 1.83. The Kier molecular flexibility index (Phi) is 2.65. The molecule has 60 valence electrons. The largest absolute Gasteiger partial charge is 0.392 e. The van der Waals surface area contributed by atoms with Crippen LogP contribution in [0, 0.1) is 0 Å². The summed E-state index contributed by atoms with van der Waals surface area (Å²) in [5, 5.41) is 9.02. The minimum Gasteiger partial charge on any atom is -0.392 e. The molecule has 1 rings (SSSR count). The van der Waals surface area contributed by atoms with E-state index in [0.29, 0.717) is 6.04 Å². The Hall–Kier alpha value is -0.120. The van der Waals surface area contributed by atoms with Gasteiger partial charge in [0.15, 0.2) is 0 Å². The number of hydrogen-bond acceptors (Lipinski definition) is 3. The lowest BCUT2D eigenvalue weighted by Crippen LogP contribution is -2.31. The molecule has 1 fully saturated rings. The Morgan fingerprint density at radius 2 is 2.50 bits per heavy atom. The van der Waals surface area contributed by atoms with E-state index in [4.69, 9.17) is 10.8 Å². The van der Waals surface area contributed by atoms with Crippen molar-refractivity contribution in [2.24, 2.45) is 5.73 Å². The molecule has 0 bridgehead atoms. The highest BCUT2D eigenvalue weighted by atomic mass is 16.3. The molecule has 0 saturated carbocycles. The average molecular weight is 144 g/mol. The zero-order valence-corrected chi connectivity index (χ0v) is 6.45. The highest BCUT2D eigenvalue weighted by molar-refractivity contribution is 4.78. The molecule has 1 aliphatic rings. The first-order valence-electron chi connectivity index (χ1n) is 3.84. The maximum atomic E-state index is 9.02. The maximum absolute atomic E-state index is 9.02. The van der Waals surface area contributed by atoms with Crippen molar-refractivity contribution in [3.8, 4) is 0 Å². The molecule has 1 heterocycles. The fraction of sp³-hybridized carbons (Fsp3) is 1.00. The number of hydrogen-bond donors (Lipinski definition) is 2. The Labute approximate surface area is 61.8 Å². The minimum atomic E-state index is -0.217. The van der Waals surface area contributed by atoms with Crippen molar-refractivity contribution in [3.63, 3.8) is 0 Å². The molecule has 0 amide bonds. The third kappa shape index (κ3) is 2.25. The van der Waals surface area contributed by atoms with Crippen LogP contribution in [-0.4, -0.2) is 41.8 Å². The molecule has 1 aliphatic heterocycles. The molecule has 3 heteroatoms. The van der Waals surface area contributed by atoms with Crippen molar-refractivity contribution < 1.29 is 5.11 Å². The van der Waals surface area contributed by atoms with Gasteiger partial charge in [-0.15, -0.1) is 0 Å². The van der Waals surface area contributed by atoms with Gasteiger partial charge in [-0.3, -0.25) is 4.90 Å². The van der Waals surface area contributed by atoms with E-state index in [9.17, 15) is 0 Å². The first-order valence-corrected chi connectivity index (χ1v) is 3.84. The van der Waals surface area contributed by atoms with E-state index in [-0.39, 0.29) is 6.10 Å². The smallest absolute Gasteiger partial charge is 0.0639 e. The van der Waals surface area contributed by atoms with Crippen LogP contribution in [0.5, 0.6) is 0 Å². The number of nitrogens with zero attached hydrogens (tertiary/aromatic N) is 1. The highest BCUT2D eigenvalue weighted by Crippen LogP contribution is 2.06. The second kappa shape index (κ2) is 3.32. The predicted molar refractivity (Wildman–Crippen MR) is 40.7 cm³/mol. The molecule has 0 spiro atoms. The van der Waals surface area contributed by atoms with Gasteiger partial charge in [0.05, 0.1) is 6.10 Å². The summed E-state index contributed by atoms with van der Waals surface area (Å²) < 4.78 is 0. The van der Waals surface area contributed by atoms with Gasteiger partial charge in [0.25, 0.3) is 0 Å². The Morgan fingerprint density at radius 3 is 2.90 bits per heavy atom. The summed E-state index contributed by atoms with van der Waals surface area (Å²) in [6.45, 7) is 4.58. The number of nitrogens with two attached hydrogens (primary N) is 1. The number of likely N-dealkylation sites (tertiary alicyclic amines) is 1. The van der Waals surface area contributed by atoms with Crippen LogP contribution in [-0.2, 0) is 0 Å². The molecular formula is C7H16N2O. The van der Waals surface area contributed by atoms with Crippen molar-refractivity contribution in [1.29, 1.82) is 0 Å². The zero-order valence-electron chi connectivity index (χ0n) is 6.45. The van der Waals surface area contributed by atoms with Crippen molar-refractivity contribution in [2.75, 3.05) is 19.6 Å². The fourth-order valence-corrected chi connectivity index (χ4v) is 1.40. The molecular weight excluding hydrogens is 128 g/mol. The van der Waals surface area contributed by atoms with Gasteiger partial charge < -0.3 is 10.8 Å². The topological polar surface area (TPSA) is 49.5 Å². The van der Waals surface area contributed by atoms with Gasteiger partial charge in [0, 0.05) is 19.1 Å². The Morgan fingerprint density at radius 1 is 1.80 bits per heavy atom. The standard InChI is InChI=1S/C7H16N2O/c1-6(10)4-9-3-2-7(8)5-9/h6-7,10H,2-5,8H2,1H3/t6-,7-/m1/s1. The first-order chi connectivity index (χ1) is 4.68. The maximum Gasteiger partial charge on any atom is 0.0639 e. The number of aliphatic hydroxyl groups excluding tert-OH is 1. The third-order valence-electron chi connectivity index (χ3n) is 1.83. The van der Waals surface area contributed by atoms with E-state index in [1.807, 2.05) is 6.92 Å². The zero-order chi connectivity index (χ0) is 7.56. The molecule has 0 unspecified atom stereocenters. The van der Waals surface area contributed by atoms with E-state index >= 15 is 0 Å². The number of aliphatic hydroxyl groups is 1. The average Bonchev–Trinajstić information content (AvgIpc) is 2.13.